The first-order valence-corrected chi connectivity index (χ1v) is 7.77. The highest BCUT2D eigenvalue weighted by molar-refractivity contribution is 5.73. The van der Waals surface area contributed by atoms with Gasteiger partial charge in [-0.1, -0.05) is 6.92 Å². The molecule has 3 atom stereocenters. The lowest BCUT2D eigenvalue weighted by molar-refractivity contribution is -0.131. The van der Waals surface area contributed by atoms with E-state index in [2.05, 4.69) is 12.2 Å². The molecular formula is C15H28N2O2. The second-order valence-electron chi connectivity index (χ2n) is 6.32. The first-order valence-electron chi connectivity index (χ1n) is 7.77. The minimum absolute atomic E-state index is 0.149. The molecule has 1 heterocycles. The second-order valence-corrected chi connectivity index (χ2v) is 6.32. The molecule has 0 aromatic carbocycles. The Labute approximate surface area is 116 Å². The van der Waals surface area contributed by atoms with Crippen LogP contribution in [0.4, 0.5) is 0 Å². The summed E-state index contributed by atoms with van der Waals surface area (Å²) in [5.74, 6) is 1.14. The van der Waals surface area contributed by atoms with E-state index in [0.29, 0.717) is 17.9 Å². The summed E-state index contributed by atoms with van der Waals surface area (Å²) in [6.07, 6.45) is 5.28. The van der Waals surface area contributed by atoms with Crippen LogP contribution in [0, 0.1) is 11.8 Å². The van der Waals surface area contributed by atoms with Crippen LogP contribution < -0.4 is 5.32 Å². The summed E-state index contributed by atoms with van der Waals surface area (Å²) in [6.45, 7) is 6.46. The molecule has 19 heavy (non-hydrogen) atoms. The lowest BCUT2D eigenvalue weighted by atomic mass is 9.88. The van der Waals surface area contributed by atoms with Crippen molar-refractivity contribution in [1.29, 1.82) is 0 Å². The molecule has 0 aromatic rings. The number of amides is 1. The van der Waals surface area contributed by atoms with Gasteiger partial charge in [-0.25, -0.2) is 0 Å². The number of aliphatic hydroxyl groups is 1. The first kappa shape index (κ1) is 14.8. The lowest BCUT2D eigenvalue weighted by Gasteiger charge is -2.38. The van der Waals surface area contributed by atoms with Gasteiger partial charge < -0.3 is 15.3 Å². The van der Waals surface area contributed by atoms with Gasteiger partial charge in [-0.05, 0) is 50.5 Å². The van der Waals surface area contributed by atoms with Gasteiger partial charge in [-0.15, -0.1) is 0 Å². The maximum atomic E-state index is 11.6. The van der Waals surface area contributed by atoms with E-state index in [4.69, 9.17) is 0 Å². The van der Waals surface area contributed by atoms with Crippen molar-refractivity contribution < 1.29 is 9.90 Å². The van der Waals surface area contributed by atoms with E-state index in [1.807, 2.05) is 4.90 Å². The number of nitrogens with zero attached hydrogens (tertiary/aromatic N) is 1. The van der Waals surface area contributed by atoms with Gasteiger partial charge in [0.05, 0.1) is 6.10 Å². The molecule has 1 aliphatic carbocycles. The normalized spacial score (nSPS) is 29.3. The van der Waals surface area contributed by atoms with Crippen LogP contribution in [-0.4, -0.2) is 47.7 Å². The highest BCUT2D eigenvalue weighted by atomic mass is 16.3. The molecule has 2 fully saturated rings. The highest BCUT2D eigenvalue weighted by Gasteiger charge is 2.34. The van der Waals surface area contributed by atoms with Crippen molar-refractivity contribution in [1.82, 2.24) is 10.2 Å². The van der Waals surface area contributed by atoms with Crippen molar-refractivity contribution in [3.05, 3.63) is 0 Å². The molecule has 2 N–H and O–H groups in total. The van der Waals surface area contributed by atoms with E-state index in [-0.39, 0.29) is 12.0 Å². The molecule has 1 amide bonds. The third-order valence-corrected chi connectivity index (χ3v) is 4.41. The maximum Gasteiger partial charge on any atom is 0.219 e. The summed E-state index contributed by atoms with van der Waals surface area (Å²) in [4.78, 5) is 13.6. The molecule has 0 radical (unpaired) electrons. The fraction of sp³-hybridized carbons (Fsp3) is 0.933. The molecule has 4 nitrogen and oxygen atoms in total. The Balaban J connectivity index is 1.87. The Bertz CT molecular complexity index is 305. The molecule has 0 spiro atoms. The Morgan fingerprint density at radius 2 is 2.16 bits per heavy atom. The predicted molar refractivity (Wildman–Crippen MR) is 75.8 cm³/mol. The Morgan fingerprint density at radius 1 is 1.42 bits per heavy atom. The second kappa shape index (κ2) is 6.71. The maximum absolute atomic E-state index is 11.6. The van der Waals surface area contributed by atoms with Crippen LogP contribution in [0.1, 0.15) is 46.0 Å². The standard InChI is InChI=1S/C15H28N2O2/c1-3-6-16-14-7-12(8-15(19)13-4-5-13)9-17(10-14)11(2)18/h12-16,19H,3-10H2,1-2H3. The van der Waals surface area contributed by atoms with E-state index in [1.165, 1.54) is 12.8 Å². The topological polar surface area (TPSA) is 52.6 Å². The van der Waals surface area contributed by atoms with Crippen LogP contribution >= 0.6 is 0 Å². The van der Waals surface area contributed by atoms with Gasteiger partial charge >= 0.3 is 0 Å². The molecule has 0 bridgehead atoms. The Kier molecular flexibility index (Phi) is 5.22. The van der Waals surface area contributed by atoms with E-state index in [1.54, 1.807) is 6.92 Å². The monoisotopic (exact) mass is 268 g/mol. The van der Waals surface area contributed by atoms with E-state index < -0.39 is 0 Å². The summed E-state index contributed by atoms with van der Waals surface area (Å²) in [6, 6.07) is 0.397. The average Bonchev–Trinajstić information content (AvgIpc) is 3.20. The molecule has 1 aliphatic heterocycles. The summed E-state index contributed by atoms with van der Waals surface area (Å²) < 4.78 is 0. The average molecular weight is 268 g/mol. The SMILES string of the molecule is CCCNC1CC(CC(O)C2CC2)CN(C(C)=O)C1. The zero-order chi connectivity index (χ0) is 13.8. The van der Waals surface area contributed by atoms with E-state index >= 15 is 0 Å². The number of hydrogen-bond acceptors (Lipinski definition) is 3. The zero-order valence-corrected chi connectivity index (χ0v) is 12.3. The van der Waals surface area contributed by atoms with Gasteiger partial charge in [0.15, 0.2) is 0 Å². The van der Waals surface area contributed by atoms with Gasteiger partial charge in [-0.3, -0.25) is 4.79 Å². The van der Waals surface area contributed by atoms with Gasteiger partial charge in [-0.2, -0.15) is 0 Å². The summed E-state index contributed by atoms with van der Waals surface area (Å²) in [5.41, 5.74) is 0. The van der Waals surface area contributed by atoms with E-state index in [9.17, 15) is 9.90 Å². The smallest absolute Gasteiger partial charge is 0.219 e. The lowest BCUT2D eigenvalue weighted by Crippen LogP contribution is -2.51. The van der Waals surface area contributed by atoms with Crippen molar-refractivity contribution in [3.63, 3.8) is 0 Å². The Morgan fingerprint density at radius 3 is 2.74 bits per heavy atom. The van der Waals surface area contributed by atoms with Crippen molar-refractivity contribution in [2.45, 2.75) is 58.1 Å². The van der Waals surface area contributed by atoms with Gasteiger partial charge in [0.1, 0.15) is 0 Å². The molecule has 2 rings (SSSR count). The van der Waals surface area contributed by atoms with Crippen LogP contribution in [0.15, 0.2) is 0 Å². The van der Waals surface area contributed by atoms with Crippen LogP contribution in [0.2, 0.25) is 0 Å². The molecule has 1 saturated heterocycles. The summed E-state index contributed by atoms with van der Waals surface area (Å²) in [5, 5.41) is 13.6. The van der Waals surface area contributed by atoms with Crippen molar-refractivity contribution >= 4 is 5.91 Å². The summed E-state index contributed by atoms with van der Waals surface area (Å²) >= 11 is 0. The van der Waals surface area contributed by atoms with Crippen LogP contribution in [0.25, 0.3) is 0 Å². The Hall–Kier alpha value is -0.610. The number of nitrogens with one attached hydrogen (secondary N) is 1. The number of likely N-dealkylation sites (tertiary alicyclic amines) is 1. The van der Waals surface area contributed by atoms with Crippen molar-refractivity contribution in [3.8, 4) is 0 Å². The summed E-state index contributed by atoms with van der Waals surface area (Å²) in [7, 11) is 0. The van der Waals surface area contributed by atoms with Crippen molar-refractivity contribution in [2.24, 2.45) is 11.8 Å². The van der Waals surface area contributed by atoms with Crippen molar-refractivity contribution in [2.75, 3.05) is 19.6 Å². The highest BCUT2D eigenvalue weighted by Crippen LogP contribution is 2.36. The zero-order valence-electron chi connectivity index (χ0n) is 12.3. The molecule has 2 aliphatic rings. The first-order chi connectivity index (χ1) is 9.10. The fourth-order valence-electron chi connectivity index (χ4n) is 3.14. The quantitative estimate of drug-likeness (QED) is 0.765. The number of aliphatic hydroxyl groups excluding tert-OH is 1. The molecule has 4 heteroatoms. The minimum atomic E-state index is -0.149. The number of hydrogen-bond donors (Lipinski definition) is 2. The van der Waals surface area contributed by atoms with Gasteiger partial charge in [0.25, 0.3) is 0 Å². The minimum Gasteiger partial charge on any atom is -0.393 e. The number of carbonyl (C=O) groups excluding carboxylic acids is 1. The molecule has 0 aromatic heterocycles. The molecular weight excluding hydrogens is 240 g/mol. The van der Waals surface area contributed by atoms with Crippen LogP contribution in [0.5, 0.6) is 0 Å². The van der Waals surface area contributed by atoms with E-state index in [0.717, 1.165) is 38.9 Å². The number of carbonyl (C=O) groups is 1. The number of piperidine rings is 1. The third-order valence-electron chi connectivity index (χ3n) is 4.41. The van der Waals surface area contributed by atoms with Crippen LogP contribution in [-0.2, 0) is 4.79 Å². The molecule has 1 saturated carbocycles. The fourth-order valence-corrected chi connectivity index (χ4v) is 3.14. The predicted octanol–water partition coefficient (Wildman–Crippen LogP) is 1.38. The molecule has 110 valence electrons. The van der Waals surface area contributed by atoms with Gasteiger partial charge in [0.2, 0.25) is 5.91 Å². The molecule has 3 unspecified atom stereocenters. The largest absolute Gasteiger partial charge is 0.393 e. The number of rotatable bonds is 6. The van der Waals surface area contributed by atoms with Crippen LogP contribution in [0.3, 0.4) is 0 Å². The van der Waals surface area contributed by atoms with Gasteiger partial charge in [0, 0.05) is 26.1 Å². The third kappa shape index (κ3) is 4.46.